The van der Waals surface area contributed by atoms with Gasteiger partial charge in [0.2, 0.25) is 15.9 Å². The van der Waals surface area contributed by atoms with E-state index in [0.717, 1.165) is 28.7 Å². The molecule has 0 fully saturated rings. The highest BCUT2D eigenvalue weighted by Gasteiger charge is 2.25. The lowest BCUT2D eigenvalue weighted by Crippen LogP contribution is -2.33. The fourth-order valence-corrected chi connectivity index (χ4v) is 5.86. The number of nitrogens with one attached hydrogen (secondary N) is 1. The highest BCUT2D eigenvalue weighted by molar-refractivity contribution is 7.89. The summed E-state index contributed by atoms with van der Waals surface area (Å²) in [6, 6.07) is 11.7. The first-order valence-electron chi connectivity index (χ1n) is 12.1. The lowest BCUT2D eigenvalue weighted by atomic mass is 10.1. The molecular weight excluding hydrogens is 492 g/mol. The van der Waals surface area contributed by atoms with E-state index in [2.05, 4.69) is 22.0 Å². The number of H-pyrrole nitrogens is 1. The fraction of sp³-hybridized carbons (Fsp3) is 0.444. The summed E-state index contributed by atoms with van der Waals surface area (Å²) < 4.78 is 38.2. The Labute approximate surface area is 220 Å². The highest BCUT2D eigenvalue weighted by Crippen LogP contribution is 2.27. The lowest BCUT2D eigenvalue weighted by Gasteiger charge is -2.21. The monoisotopic (exact) mass is 530 g/mol. The van der Waals surface area contributed by atoms with Crippen LogP contribution >= 0.6 is 0 Å². The smallest absolute Gasteiger partial charge is 0.248 e. The fourth-order valence-electron chi connectivity index (χ4n) is 4.30. The number of nitrogens with zero attached hydrogens (tertiary/aromatic N) is 3. The van der Waals surface area contributed by atoms with Crippen molar-refractivity contribution in [2.24, 2.45) is 0 Å². The Bertz CT molecular complexity index is 1330. The number of carbonyl (C=O) groups excluding carboxylic acids is 1. The summed E-state index contributed by atoms with van der Waals surface area (Å²) in [7, 11) is 5.14. The number of aromatic nitrogens is 1. The zero-order chi connectivity index (χ0) is 27.3. The van der Waals surface area contributed by atoms with E-state index in [1.165, 1.54) is 11.4 Å². The average molecular weight is 531 g/mol. The Morgan fingerprint density at radius 3 is 2.27 bits per heavy atom. The Morgan fingerprint density at radius 1 is 0.973 bits per heavy atom. The molecule has 0 unspecified atom stereocenters. The van der Waals surface area contributed by atoms with E-state index in [9.17, 15) is 13.2 Å². The molecule has 1 heterocycles. The van der Waals surface area contributed by atoms with E-state index in [1.54, 1.807) is 45.0 Å². The van der Waals surface area contributed by atoms with E-state index in [4.69, 9.17) is 9.47 Å². The van der Waals surface area contributed by atoms with Crippen LogP contribution in [0.1, 0.15) is 22.4 Å². The van der Waals surface area contributed by atoms with Crippen molar-refractivity contribution >= 4 is 26.8 Å². The molecule has 3 aromatic rings. The van der Waals surface area contributed by atoms with Gasteiger partial charge in [-0.1, -0.05) is 6.07 Å². The summed E-state index contributed by atoms with van der Waals surface area (Å²) in [5, 5.41) is 1.11. The van der Waals surface area contributed by atoms with E-state index in [-0.39, 0.29) is 30.6 Å². The maximum Gasteiger partial charge on any atom is 0.248 e. The minimum Gasteiger partial charge on any atom is -0.497 e. The maximum atomic E-state index is 13.1. The molecule has 2 aromatic carbocycles. The third-order valence-electron chi connectivity index (χ3n) is 6.19. The van der Waals surface area contributed by atoms with Gasteiger partial charge in [-0.25, -0.2) is 8.42 Å². The van der Waals surface area contributed by atoms with Crippen LogP contribution in [-0.2, 0) is 32.6 Å². The molecule has 0 atom stereocenters. The van der Waals surface area contributed by atoms with Crippen molar-refractivity contribution < 1.29 is 22.7 Å². The molecule has 3 rings (SSSR count). The van der Waals surface area contributed by atoms with Crippen molar-refractivity contribution in [2.75, 3.05) is 55.1 Å². The van der Waals surface area contributed by atoms with Crippen molar-refractivity contribution in [2.45, 2.75) is 31.8 Å². The topological polar surface area (TPSA) is 95.2 Å². The minimum absolute atomic E-state index is 0.105. The number of fused-ring (bicyclic) bond motifs is 1. The van der Waals surface area contributed by atoms with E-state index in [1.807, 2.05) is 26.2 Å². The van der Waals surface area contributed by atoms with Gasteiger partial charge in [0.1, 0.15) is 12.4 Å². The Kier molecular flexibility index (Phi) is 9.36. The molecule has 0 aliphatic rings. The van der Waals surface area contributed by atoms with Crippen LogP contribution in [0.4, 0.5) is 0 Å². The molecule has 0 saturated carbocycles. The number of benzene rings is 2. The van der Waals surface area contributed by atoms with Crippen LogP contribution in [0.2, 0.25) is 0 Å². The SMILES string of the molecule is COc1cc(C)c(S(=O)(=O)N(C)CCOCC(=O)N(C)Cc2ccc3[nH]c(CN(C)C)cc3c2)c(C)c1. The number of likely N-dealkylation sites (N-methyl/N-ethyl adjacent to an activating group) is 2. The molecule has 0 radical (unpaired) electrons. The largest absolute Gasteiger partial charge is 0.497 e. The van der Waals surface area contributed by atoms with Crippen LogP contribution in [0, 0.1) is 13.8 Å². The highest BCUT2D eigenvalue weighted by atomic mass is 32.2. The Hall–Kier alpha value is -2.92. The number of methoxy groups -OCH3 is 1. The number of carbonyl (C=O) groups is 1. The molecule has 0 spiro atoms. The quantitative estimate of drug-likeness (QED) is 0.362. The maximum absolute atomic E-state index is 13.1. The lowest BCUT2D eigenvalue weighted by molar-refractivity contribution is -0.135. The van der Waals surface area contributed by atoms with Crippen molar-refractivity contribution in [3.63, 3.8) is 0 Å². The molecule has 0 aliphatic heterocycles. The third kappa shape index (κ3) is 7.10. The molecule has 202 valence electrons. The number of ether oxygens (including phenoxy) is 2. The zero-order valence-electron chi connectivity index (χ0n) is 22.8. The van der Waals surface area contributed by atoms with Crippen molar-refractivity contribution in [1.29, 1.82) is 0 Å². The number of rotatable bonds is 12. The standard InChI is InChI=1S/C27H38N4O5S/c1-19-12-24(35-7)13-20(2)27(19)37(33,34)31(6)10-11-36-18-26(32)30(5)16-21-8-9-25-22(14-21)15-23(28-25)17-29(3)4/h8-9,12-15,28H,10-11,16-18H2,1-7H3. The first kappa shape index (κ1) is 28.6. The minimum atomic E-state index is -3.71. The van der Waals surface area contributed by atoms with Gasteiger partial charge in [0.25, 0.3) is 0 Å². The summed E-state index contributed by atoms with van der Waals surface area (Å²) in [6.45, 7) is 4.89. The molecule has 9 nitrogen and oxygen atoms in total. The van der Waals surface area contributed by atoms with Crippen molar-refractivity contribution in [3.05, 3.63) is 58.8 Å². The van der Waals surface area contributed by atoms with Gasteiger partial charge < -0.3 is 24.3 Å². The molecule has 1 N–H and O–H groups in total. The second-order valence-electron chi connectivity index (χ2n) is 9.67. The van der Waals surface area contributed by atoms with Gasteiger partial charge in [-0.05, 0) is 75.0 Å². The Morgan fingerprint density at radius 2 is 1.65 bits per heavy atom. The predicted octanol–water partition coefficient (Wildman–Crippen LogP) is 3.15. The van der Waals surface area contributed by atoms with Crippen LogP contribution in [0.25, 0.3) is 10.9 Å². The molecule has 10 heteroatoms. The van der Waals surface area contributed by atoms with Gasteiger partial charge in [-0.15, -0.1) is 0 Å². The van der Waals surface area contributed by atoms with Crippen molar-refractivity contribution in [3.8, 4) is 5.75 Å². The van der Waals surface area contributed by atoms with E-state index in [0.29, 0.717) is 23.4 Å². The van der Waals surface area contributed by atoms with Gasteiger partial charge in [0.15, 0.2) is 0 Å². The molecule has 0 aliphatic carbocycles. The van der Waals surface area contributed by atoms with Gasteiger partial charge >= 0.3 is 0 Å². The van der Waals surface area contributed by atoms with Gasteiger partial charge in [-0.3, -0.25) is 4.79 Å². The number of sulfonamides is 1. The van der Waals surface area contributed by atoms with Gasteiger partial charge in [0.05, 0.1) is 18.6 Å². The molecule has 0 bridgehead atoms. The summed E-state index contributed by atoms with van der Waals surface area (Å²) in [4.78, 5) is 20.0. The average Bonchev–Trinajstić information content (AvgIpc) is 3.21. The number of hydrogen-bond donors (Lipinski definition) is 1. The molecule has 1 amide bonds. The Balaban J connectivity index is 1.51. The second kappa shape index (κ2) is 12.1. The van der Waals surface area contributed by atoms with Gasteiger partial charge in [0, 0.05) is 50.3 Å². The third-order valence-corrected chi connectivity index (χ3v) is 8.35. The molecule has 0 saturated heterocycles. The summed E-state index contributed by atoms with van der Waals surface area (Å²) in [5.74, 6) is 0.444. The summed E-state index contributed by atoms with van der Waals surface area (Å²) in [5.41, 5.74) is 4.47. The summed E-state index contributed by atoms with van der Waals surface area (Å²) in [6.07, 6.45) is 0. The molecule has 37 heavy (non-hydrogen) atoms. The first-order valence-corrected chi connectivity index (χ1v) is 13.5. The number of aryl methyl sites for hydroxylation is 2. The van der Waals surface area contributed by atoms with Crippen LogP contribution < -0.4 is 4.74 Å². The zero-order valence-corrected chi connectivity index (χ0v) is 23.6. The summed E-state index contributed by atoms with van der Waals surface area (Å²) >= 11 is 0. The number of hydrogen-bond acceptors (Lipinski definition) is 6. The molecule has 1 aromatic heterocycles. The van der Waals surface area contributed by atoms with Crippen LogP contribution in [0.15, 0.2) is 41.3 Å². The van der Waals surface area contributed by atoms with Crippen LogP contribution in [-0.4, -0.2) is 88.5 Å². The second-order valence-corrected chi connectivity index (χ2v) is 11.7. The number of aromatic amines is 1. The number of amides is 1. The first-order chi connectivity index (χ1) is 17.4. The van der Waals surface area contributed by atoms with Crippen molar-refractivity contribution in [1.82, 2.24) is 19.1 Å². The van der Waals surface area contributed by atoms with Crippen LogP contribution in [0.5, 0.6) is 5.75 Å². The van der Waals surface area contributed by atoms with Gasteiger partial charge in [-0.2, -0.15) is 4.31 Å². The van der Waals surface area contributed by atoms with Crippen LogP contribution in [0.3, 0.4) is 0 Å². The van der Waals surface area contributed by atoms with E-state index >= 15 is 0 Å². The van der Waals surface area contributed by atoms with E-state index < -0.39 is 10.0 Å². The normalized spacial score (nSPS) is 12.0. The molecular formula is C27H38N4O5S. The predicted molar refractivity (Wildman–Crippen MR) is 145 cm³/mol.